The number of nitrogens with zero attached hydrogens (tertiary/aromatic N) is 1. The Hall–Kier alpha value is -0.570. The minimum Gasteiger partial charge on any atom is -0.340 e. The number of hydrogen-bond donors (Lipinski definition) is 1. The highest BCUT2D eigenvalue weighted by molar-refractivity contribution is 5.77. The lowest BCUT2D eigenvalue weighted by Gasteiger charge is -2.38. The van der Waals surface area contributed by atoms with Crippen LogP contribution in [0, 0.1) is 11.3 Å². The predicted molar refractivity (Wildman–Crippen MR) is 71.6 cm³/mol. The summed E-state index contributed by atoms with van der Waals surface area (Å²) >= 11 is 0. The summed E-state index contributed by atoms with van der Waals surface area (Å²) < 4.78 is 0. The van der Waals surface area contributed by atoms with Gasteiger partial charge in [0.1, 0.15) is 0 Å². The molecule has 3 unspecified atom stereocenters. The van der Waals surface area contributed by atoms with Crippen molar-refractivity contribution in [1.29, 1.82) is 0 Å². The molecule has 0 spiro atoms. The van der Waals surface area contributed by atoms with Gasteiger partial charge in [-0.25, -0.2) is 0 Å². The van der Waals surface area contributed by atoms with E-state index in [1.165, 1.54) is 0 Å². The molecule has 1 amide bonds. The van der Waals surface area contributed by atoms with E-state index in [0.717, 1.165) is 25.3 Å². The molecule has 1 fully saturated rings. The highest BCUT2D eigenvalue weighted by atomic mass is 16.2. The van der Waals surface area contributed by atoms with E-state index in [1.807, 2.05) is 4.90 Å². The number of nitrogens with two attached hydrogens (primary N) is 1. The van der Waals surface area contributed by atoms with Crippen molar-refractivity contribution in [2.45, 2.75) is 66.0 Å². The largest absolute Gasteiger partial charge is 0.340 e. The molecule has 100 valence electrons. The molecular formula is C14H28N2O. The minimum atomic E-state index is -0.0541. The van der Waals surface area contributed by atoms with E-state index in [-0.39, 0.29) is 17.4 Å². The molecule has 0 aliphatic carbocycles. The lowest BCUT2D eigenvalue weighted by molar-refractivity contribution is -0.136. The van der Waals surface area contributed by atoms with Crippen LogP contribution in [0.4, 0.5) is 0 Å². The number of rotatable bonds is 2. The first-order chi connectivity index (χ1) is 7.71. The zero-order chi connectivity index (χ0) is 13.2. The second-order valence-electron chi connectivity index (χ2n) is 6.74. The molecule has 17 heavy (non-hydrogen) atoms. The summed E-state index contributed by atoms with van der Waals surface area (Å²) in [5.74, 6) is 0.970. The Labute approximate surface area is 106 Å². The molecule has 1 saturated heterocycles. The van der Waals surface area contributed by atoms with Crippen molar-refractivity contribution in [1.82, 2.24) is 4.90 Å². The van der Waals surface area contributed by atoms with Gasteiger partial charge in [-0.3, -0.25) is 4.79 Å². The number of likely N-dealkylation sites (tertiary alicyclic amines) is 1. The Morgan fingerprint density at radius 3 is 2.47 bits per heavy atom. The van der Waals surface area contributed by atoms with Crippen LogP contribution in [0.2, 0.25) is 0 Å². The van der Waals surface area contributed by atoms with Crippen molar-refractivity contribution in [2.24, 2.45) is 17.1 Å². The van der Waals surface area contributed by atoms with Gasteiger partial charge in [0.05, 0.1) is 0 Å². The molecule has 0 bridgehead atoms. The first-order valence-corrected chi connectivity index (χ1v) is 6.77. The summed E-state index contributed by atoms with van der Waals surface area (Å²) in [6, 6.07) is 0.319. The Kier molecular flexibility index (Phi) is 4.59. The SMILES string of the molecule is CC1CCN(C(=O)CC(N)C(C)(C)C)C(C)C1. The first kappa shape index (κ1) is 14.5. The second kappa shape index (κ2) is 5.38. The third kappa shape index (κ3) is 3.98. The van der Waals surface area contributed by atoms with Crippen LogP contribution in [-0.2, 0) is 4.79 Å². The summed E-state index contributed by atoms with van der Waals surface area (Å²) in [5, 5.41) is 0. The van der Waals surface area contributed by atoms with Gasteiger partial charge < -0.3 is 10.6 Å². The predicted octanol–water partition coefficient (Wildman–Crippen LogP) is 2.40. The van der Waals surface area contributed by atoms with Crippen LogP contribution >= 0.6 is 0 Å². The average molecular weight is 240 g/mol. The van der Waals surface area contributed by atoms with E-state index in [9.17, 15) is 4.79 Å². The Morgan fingerprint density at radius 2 is 2.00 bits per heavy atom. The van der Waals surface area contributed by atoms with E-state index >= 15 is 0 Å². The topological polar surface area (TPSA) is 46.3 Å². The van der Waals surface area contributed by atoms with Gasteiger partial charge in [0.15, 0.2) is 0 Å². The van der Waals surface area contributed by atoms with Crippen molar-refractivity contribution in [2.75, 3.05) is 6.54 Å². The van der Waals surface area contributed by atoms with Gasteiger partial charge in [-0.2, -0.15) is 0 Å². The average Bonchev–Trinajstić information content (AvgIpc) is 2.15. The van der Waals surface area contributed by atoms with E-state index < -0.39 is 0 Å². The third-order valence-electron chi connectivity index (χ3n) is 3.97. The fourth-order valence-corrected chi connectivity index (χ4v) is 2.39. The van der Waals surface area contributed by atoms with Gasteiger partial charge in [-0.1, -0.05) is 27.7 Å². The molecule has 0 aromatic heterocycles. The molecule has 0 aromatic carbocycles. The van der Waals surface area contributed by atoms with Gasteiger partial charge in [0.25, 0.3) is 0 Å². The van der Waals surface area contributed by atoms with Crippen LogP contribution in [0.3, 0.4) is 0 Å². The van der Waals surface area contributed by atoms with Crippen LogP contribution in [0.5, 0.6) is 0 Å². The fourth-order valence-electron chi connectivity index (χ4n) is 2.39. The van der Waals surface area contributed by atoms with E-state index in [0.29, 0.717) is 12.5 Å². The quantitative estimate of drug-likeness (QED) is 0.805. The van der Waals surface area contributed by atoms with Crippen LogP contribution in [-0.4, -0.2) is 29.4 Å². The highest BCUT2D eigenvalue weighted by Gasteiger charge is 2.30. The molecule has 0 saturated carbocycles. The lowest BCUT2D eigenvalue weighted by atomic mass is 9.84. The van der Waals surface area contributed by atoms with E-state index in [4.69, 9.17) is 5.73 Å². The zero-order valence-electron chi connectivity index (χ0n) is 12.0. The van der Waals surface area contributed by atoms with Gasteiger partial charge in [0.2, 0.25) is 5.91 Å². The van der Waals surface area contributed by atoms with Crippen molar-refractivity contribution < 1.29 is 4.79 Å². The Balaban J connectivity index is 2.53. The maximum Gasteiger partial charge on any atom is 0.224 e. The zero-order valence-corrected chi connectivity index (χ0v) is 12.0. The summed E-state index contributed by atoms with van der Waals surface area (Å²) in [5.41, 5.74) is 6.09. The summed E-state index contributed by atoms with van der Waals surface area (Å²) in [4.78, 5) is 14.2. The van der Waals surface area contributed by atoms with Crippen molar-refractivity contribution in [3.8, 4) is 0 Å². The molecule has 0 aromatic rings. The molecule has 0 radical (unpaired) electrons. The number of carbonyl (C=O) groups excluding carboxylic acids is 1. The summed E-state index contributed by atoms with van der Waals surface area (Å²) in [7, 11) is 0. The van der Waals surface area contributed by atoms with Crippen molar-refractivity contribution >= 4 is 5.91 Å². The molecule has 1 aliphatic rings. The molecule has 1 aliphatic heterocycles. The number of hydrogen-bond acceptors (Lipinski definition) is 2. The summed E-state index contributed by atoms with van der Waals surface area (Å²) in [6.45, 7) is 11.6. The Bertz CT molecular complexity index is 270. The maximum atomic E-state index is 12.2. The van der Waals surface area contributed by atoms with Crippen LogP contribution < -0.4 is 5.73 Å². The van der Waals surface area contributed by atoms with Gasteiger partial charge in [-0.15, -0.1) is 0 Å². The molecule has 3 atom stereocenters. The molecule has 3 heteroatoms. The van der Waals surface area contributed by atoms with Crippen LogP contribution in [0.1, 0.15) is 53.9 Å². The van der Waals surface area contributed by atoms with Crippen LogP contribution in [0.25, 0.3) is 0 Å². The summed E-state index contributed by atoms with van der Waals surface area (Å²) in [6.07, 6.45) is 2.72. The van der Waals surface area contributed by atoms with Gasteiger partial charge in [0, 0.05) is 25.0 Å². The normalized spacial score (nSPS) is 28.0. The van der Waals surface area contributed by atoms with Crippen molar-refractivity contribution in [3.63, 3.8) is 0 Å². The molecule has 1 rings (SSSR count). The Morgan fingerprint density at radius 1 is 1.41 bits per heavy atom. The monoisotopic (exact) mass is 240 g/mol. The smallest absolute Gasteiger partial charge is 0.224 e. The third-order valence-corrected chi connectivity index (χ3v) is 3.97. The fraction of sp³-hybridized carbons (Fsp3) is 0.929. The minimum absolute atomic E-state index is 0.00196. The van der Waals surface area contributed by atoms with Gasteiger partial charge >= 0.3 is 0 Å². The standard InChI is InChI=1S/C14H28N2O/c1-10-6-7-16(11(2)8-10)13(17)9-12(15)14(3,4)5/h10-12H,6-9,15H2,1-5H3. The second-order valence-corrected chi connectivity index (χ2v) is 6.74. The maximum absolute atomic E-state index is 12.2. The highest BCUT2D eigenvalue weighted by Crippen LogP contribution is 2.25. The molecule has 3 nitrogen and oxygen atoms in total. The first-order valence-electron chi connectivity index (χ1n) is 6.77. The number of amides is 1. The van der Waals surface area contributed by atoms with Crippen molar-refractivity contribution in [3.05, 3.63) is 0 Å². The van der Waals surface area contributed by atoms with E-state index in [2.05, 4.69) is 34.6 Å². The number of carbonyl (C=O) groups is 1. The molecule has 2 N–H and O–H groups in total. The number of piperidine rings is 1. The molecular weight excluding hydrogens is 212 g/mol. The lowest BCUT2D eigenvalue weighted by Crippen LogP contribution is -2.47. The van der Waals surface area contributed by atoms with Gasteiger partial charge in [-0.05, 0) is 31.1 Å². The van der Waals surface area contributed by atoms with E-state index in [1.54, 1.807) is 0 Å². The van der Waals surface area contributed by atoms with Crippen LogP contribution in [0.15, 0.2) is 0 Å². The molecule has 1 heterocycles.